The van der Waals surface area contributed by atoms with Gasteiger partial charge in [-0.05, 0) is 44.0 Å². The summed E-state index contributed by atoms with van der Waals surface area (Å²) < 4.78 is 33.0. The third-order valence-corrected chi connectivity index (χ3v) is 6.14. The topological polar surface area (TPSA) is 85.3 Å². The SMILES string of the molecule is NCc1cc(S(=O)(=O)NCc2ccc(Br)s2)c(Br)o1. The lowest BCUT2D eigenvalue weighted by Gasteiger charge is -2.03. The second-order valence-electron chi connectivity index (χ2n) is 3.59. The van der Waals surface area contributed by atoms with E-state index in [1.54, 1.807) is 0 Å². The second-order valence-corrected chi connectivity index (χ2v) is 8.59. The molecular weight excluding hydrogens is 420 g/mol. The number of rotatable bonds is 5. The molecule has 0 unspecified atom stereocenters. The fourth-order valence-electron chi connectivity index (χ4n) is 1.37. The fraction of sp³-hybridized carbons (Fsp3) is 0.200. The fourth-order valence-corrected chi connectivity index (χ4v) is 4.89. The smallest absolute Gasteiger partial charge is 0.245 e. The first kappa shape index (κ1) is 15.2. The molecule has 0 saturated heterocycles. The first-order valence-corrected chi connectivity index (χ1v) is 9.03. The molecule has 0 radical (unpaired) electrons. The van der Waals surface area contributed by atoms with E-state index < -0.39 is 10.0 Å². The lowest BCUT2D eigenvalue weighted by molar-refractivity contribution is 0.483. The molecule has 104 valence electrons. The van der Waals surface area contributed by atoms with Gasteiger partial charge in [-0.15, -0.1) is 11.3 Å². The van der Waals surface area contributed by atoms with E-state index in [9.17, 15) is 8.42 Å². The van der Waals surface area contributed by atoms with Crippen LogP contribution in [-0.4, -0.2) is 8.42 Å². The Hall–Kier alpha value is -0.190. The van der Waals surface area contributed by atoms with Gasteiger partial charge in [0.1, 0.15) is 10.7 Å². The third kappa shape index (κ3) is 3.67. The Balaban J connectivity index is 2.15. The lowest BCUT2D eigenvalue weighted by Crippen LogP contribution is -2.22. The molecule has 0 aliphatic rings. The summed E-state index contributed by atoms with van der Waals surface area (Å²) >= 11 is 7.88. The van der Waals surface area contributed by atoms with Crippen molar-refractivity contribution in [1.82, 2.24) is 4.72 Å². The minimum absolute atomic E-state index is 0.0589. The maximum atomic E-state index is 12.1. The van der Waals surface area contributed by atoms with Crippen LogP contribution in [0.1, 0.15) is 10.6 Å². The van der Waals surface area contributed by atoms with Crippen LogP contribution >= 0.6 is 43.2 Å². The summed E-state index contributed by atoms with van der Waals surface area (Å²) in [5.74, 6) is 0.408. The number of nitrogens with one attached hydrogen (secondary N) is 1. The Morgan fingerprint density at radius 3 is 2.63 bits per heavy atom. The quantitative estimate of drug-likeness (QED) is 0.765. The molecule has 2 aromatic rings. The Bertz CT molecular complexity index is 679. The van der Waals surface area contributed by atoms with Crippen LogP contribution in [0.2, 0.25) is 0 Å². The molecule has 0 aliphatic heterocycles. The van der Waals surface area contributed by atoms with E-state index in [1.165, 1.54) is 17.4 Å². The highest BCUT2D eigenvalue weighted by Crippen LogP contribution is 2.27. The van der Waals surface area contributed by atoms with Gasteiger partial charge in [0, 0.05) is 17.5 Å². The summed E-state index contributed by atoms with van der Waals surface area (Å²) in [4.78, 5) is 0.970. The molecule has 0 atom stereocenters. The van der Waals surface area contributed by atoms with Gasteiger partial charge in [-0.25, -0.2) is 13.1 Å². The van der Waals surface area contributed by atoms with Gasteiger partial charge in [-0.2, -0.15) is 0 Å². The molecule has 0 fully saturated rings. The van der Waals surface area contributed by atoms with Crippen LogP contribution in [0.25, 0.3) is 0 Å². The predicted octanol–water partition coefficient (Wildman–Crippen LogP) is 2.80. The standard InChI is InChI=1S/C10H10Br2N2O3S2/c11-9-2-1-7(18-9)5-14-19(15,16)8-3-6(4-13)17-10(8)12/h1-3,14H,4-5,13H2. The lowest BCUT2D eigenvalue weighted by atomic mass is 10.5. The minimum Gasteiger partial charge on any atom is -0.452 e. The number of furan rings is 1. The average Bonchev–Trinajstić information content (AvgIpc) is 2.93. The van der Waals surface area contributed by atoms with Crippen molar-refractivity contribution in [3.8, 4) is 0 Å². The summed E-state index contributed by atoms with van der Waals surface area (Å²) in [7, 11) is -3.62. The molecule has 19 heavy (non-hydrogen) atoms. The largest absolute Gasteiger partial charge is 0.452 e. The highest BCUT2D eigenvalue weighted by molar-refractivity contribution is 9.11. The van der Waals surface area contributed by atoms with Gasteiger partial charge in [-0.3, -0.25) is 0 Å². The minimum atomic E-state index is -3.62. The Kier molecular flexibility index (Phi) is 4.85. The number of sulfonamides is 1. The van der Waals surface area contributed by atoms with Crippen molar-refractivity contribution in [2.45, 2.75) is 18.0 Å². The Labute approximate surface area is 131 Å². The van der Waals surface area contributed by atoms with E-state index in [2.05, 4.69) is 36.6 Å². The van der Waals surface area contributed by atoms with Crippen LogP contribution in [0, 0.1) is 0 Å². The number of thiophene rings is 1. The van der Waals surface area contributed by atoms with Crippen LogP contribution in [0.15, 0.2) is 36.0 Å². The van der Waals surface area contributed by atoms with Gasteiger partial charge < -0.3 is 10.2 Å². The van der Waals surface area contributed by atoms with E-state index in [0.29, 0.717) is 5.76 Å². The first-order chi connectivity index (χ1) is 8.92. The van der Waals surface area contributed by atoms with Crippen molar-refractivity contribution >= 4 is 53.2 Å². The van der Waals surface area contributed by atoms with E-state index in [0.717, 1.165) is 8.66 Å². The molecule has 0 saturated carbocycles. The van der Waals surface area contributed by atoms with Crippen molar-refractivity contribution in [3.05, 3.63) is 37.3 Å². The highest BCUT2D eigenvalue weighted by atomic mass is 79.9. The normalized spacial score (nSPS) is 11.9. The number of halogens is 2. The highest BCUT2D eigenvalue weighted by Gasteiger charge is 2.22. The molecule has 3 N–H and O–H groups in total. The van der Waals surface area contributed by atoms with Crippen molar-refractivity contribution < 1.29 is 12.8 Å². The molecule has 5 nitrogen and oxygen atoms in total. The van der Waals surface area contributed by atoms with Crippen molar-refractivity contribution in [3.63, 3.8) is 0 Å². The van der Waals surface area contributed by atoms with Gasteiger partial charge in [0.2, 0.25) is 10.0 Å². The van der Waals surface area contributed by atoms with Crippen LogP contribution in [0.5, 0.6) is 0 Å². The van der Waals surface area contributed by atoms with E-state index >= 15 is 0 Å². The maximum absolute atomic E-state index is 12.1. The zero-order valence-corrected chi connectivity index (χ0v) is 14.3. The van der Waals surface area contributed by atoms with Gasteiger partial charge in [0.25, 0.3) is 0 Å². The first-order valence-electron chi connectivity index (χ1n) is 5.14. The molecule has 2 aromatic heterocycles. The molecule has 0 aromatic carbocycles. The summed E-state index contributed by atoms with van der Waals surface area (Å²) in [5.41, 5.74) is 5.41. The molecular formula is C10H10Br2N2O3S2. The molecule has 0 bridgehead atoms. The number of hydrogen-bond acceptors (Lipinski definition) is 5. The average molecular weight is 430 g/mol. The zero-order chi connectivity index (χ0) is 14.0. The number of nitrogens with two attached hydrogens (primary N) is 1. The van der Waals surface area contributed by atoms with Gasteiger partial charge in [-0.1, -0.05) is 0 Å². The van der Waals surface area contributed by atoms with Gasteiger partial charge >= 0.3 is 0 Å². The summed E-state index contributed by atoms with van der Waals surface area (Å²) in [5, 5.41) is 0. The summed E-state index contributed by atoms with van der Waals surface area (Å²) in [6, 6.07) is 5.14. The van der Waals surface area contributed by atoms with E-state index in [1.807, 2.05) is 12.1 Å². The molecule has 9 heteroatoms. The monoisotopic (exact) mass is 428 g/mol. The van der Waals surface area contributed by atoms with Crippen LogP contribution in [-0.2, 0) is 23.1 Å². The van der Waals surface area contributed by atoms with Crippen LogP contribution < -0.4 is 10.5 Å². The van der Waals surface area contributed by atoms with Gasteiger partial charge in [0.15, 0.2) is 4.67 Å². The molecule has 2 heterocycles. The van der Waals surface area contributed by atoms with E-state index in [4.69, 9.17) is 10.2 Å². The summed E-state index contributed by atoms with van der Waals surface area (Å²) in [6.45, 7) is 0.375. The second kappa shape index (κ2) is 6.06. The molecule has 0 spiro atoms. The van der Waals surface area contributed by atoms with Crippen LogP contribution in [0.4, 0.5) is 0 Å². The molecule has 0 aliphatic carbocycles. The molecule has 0 amide bonds. The van der Waals surface area contributed by atoms with Gasteiger partial charge in [0.05, 0.1) is 10.3 Å². The van der Waals surface area contributed by atoms with Crippen molar-refractivity contribution in [1.29, 1.82) is 0 Å². The zero-order valence-electron chi connectivity index (χ0n) is 9.52. The maximum Gasteiger partial charge on any atom is 0.245 e. The van der Waals surface area contributed by atoms with Crippen molar-refractivity contribution in [2.75, 3.05) is 0 Å². The third-order valence-electron chi connectivity index (χ3n) is 2.26. The molecule has 2 rings (SSSR count). The summed E-state index contributed by atoms with van der Waals surface area (Å²) in [6.07, 6.45) is 0. The van der Waals surface area contributed by atoms with Crippen molar-refractivity contribution in [2.24, 2.45) is 5.73 Å². The number of hydrogen-bond donors (Lipinski definition) is 2. The Morgan fingerprint density at radius 1 is 1.37 bits per heavy atom. The van der Waals surface area contributed by atoms with Crippen LogP contribution in [0.3, 0.4) is 0 Å². The van der Waals surface area contributed by atoms with E-state index in [-0.39, 0.29) is 22.7 Å². The Morgan fingerprint density at radius 2 is 2.11 bits per heavy atom. The predicted molar refractivity (Wildman–Crippen MR) is 80.3 cm³/mol.